The maximum absolute atomic E-state index is 15.5. The minimum atomic E-state index is -1.59. The number of rotatable bonds is 27. The summed E-state index contributed by atoms with van der Waals surface area (Å²) in [6.45, 7) is 29.8. The van der Waals surface area contributed by atoms with Crippen LogP contribution in [0.5, 0.6) is 0 Å². The molecule has 26 nitrogen and oxygen atoms in total. The van der Waals surface area contributed by atoms with Crippen LogP contribution in [0.3, 0.4) is 0 Å². The third-order valence-electron chi connectivity index (χ3n) is 18.7. The van der Waals surface area contributed by atoms with Crippen molar-refractivity contribution in [2.45, 2.75) is 280 Å². The fourth-order valence-corrected chi connectivity index (χ4v) is 13.6. The Labute approximate surface area is 597 Å². The van der Waals surface area contributed by atoms with E-state index in [4.69, 9.17) is 0 Å². The van der Waals surface area contributed by atoms with E-state index in [-0.39, 0.29) is 80.5 Å². The highest BCUT2D eigenvalue weighted by Crippen LogP contribution is 2.27. The monoisotopic (exact) mass is 1420 g/mol. The lowest BCUT2D eigenvalue weighted by molar-refractivity contribution is -0.156. The largest absolute Gasteiger partial charge is 0.396 e. The number of carbonyl (C=O) groups is 12. The van der Waals surface area contributed by atoms with Crippen molar-refractivity contribution in [3.8, 4) is 0 Å². The molecule has 1 fully saturated rings. The first kappa shape index (κ1) is 90.9. The Morgan fingerprint density at radius 3 is 1.47 bits per heavy atom. The molecule has 12 amide bonds. The van der Waals surface area contributed by atoms with E-state index in [2.05, 4.69) is 26.6 Å². The molecular formula is C72H132N12O14S. The number of hydrogen-bond donors (Lipinski definition) is 7. The molecule has 0 unspecified atom stereocenters. The molecule has 0 aromatic carbocycles. The highest BCUT2D eigenvalue weighted by Gasteiger charge is 2.45. The number of hydrogen-bond acceptors (Lipinski definition) is 15. The van der Waals surface area contributed by atoms with Gasteiger partial charge in [0.2, 0.25) is 70.9 Å². The van der Waals surface area contributed by atoms with Crippen LogP contribution in [0.1, 0.15) is 208 Å². The van der Waals surface area contributed by atoms with Crippen LogP contribution in [0.25, 0.3) is 0 Å². The summed E-state index contributed by atoms with van der Waals surface area (Å²) in [5, 5.41) is 35.1. The molecule has 0 saturated carbocycles. The van der Waals surface area contributed by atoms with E-state index in [0.29, 0.717) is 38.0 Å². The maximum Gasteiger partial charge on any atom is 0.246 e. The summed E-state index contributed by atoms with van der Waals surface area (Å²) in [4.78, 5) is 185. The number of carbonyl (C=O) groups excluding carboxylic acids is 12. The summed E-state index contributed by atoms with van der Waals surface area (Å²) >= 11 is 1.33. The van der Waals surface area contributed by atoms with Gasteiger partial charge in [-0.25, -0.2) is 0 Å². The van der Waals surface area contributed by atoms with Gasteiger partial charge in [-0.2, -0.15) is 11.8 Å². The summed E-state index contributed by atoms with van der Waals surface area (Å²) in [6.07, 6.45) is 5.66. The molecule has 7 N–H and O–H groups in total. The lowest BCUT2D eigenvalue weighted by atomic mass is 9.92. The fraction of sp³-hybridized carbons (Fsp3) is 0.833. The molecule has 1 rings (SSSR count). The van der Waals surface area contributed by atoms with Crippen LogP contribution in [-0.4, -0.2) is 261 Å². The standard InChI is InChI=1S/C72H132N12O14S/c1-25-52-66(92)83(23)58(42-99-37-31-30-36-85)69(95)82(22)57(41-72(16,17)98)64(90)77-59(46(8)9)70(96)78(18)53(34-33-43(2)3)62(88)74-49(13)61(87)75-50(14)65(91)80(20)55(38-44(4)5)67(93)81(21)56(39-45(6)7)68(94)84(24)60(47(10)11)71(97)79(19)54(63(89)76-52)40-48(12)32-28-26-27-29-35-73-51(15)86/h43-50,52-60,85,98H,25-42H2,1-24H3,(H,73,86)(H,74,88)(H,75,87)(H,76,89)(H,77,90)/t48-,49-,50+,52+,53-,54+,55+,56+,57+,58-,59-,60+/m1/s1. The van der Waals surface area contributed by atoms with Gasteiger partial charge in [-0.1, -0.05) is 109 Å². The topological polar surface area (TPSA) is 328 Å². The molecule has 12 atom stereocenters. The van der Waals surface area contributed by atoms with Crippen molar-refractivity contribution >= 4 is 82.6 Å². The molecule has 99 heavy (non-hydrogen) atoms. The first-order chi connectivity index (χ1) is 45.9. The second-order valence-corrected chi connectivity index (χ2v) is 31.5. The summed E-state index contributed by atoms with van der Waals surface area (Å²) in [6, 6.07) is -13.7. The van der Waals surface area contributed by atoms with Gasteiger partial charge in [0.15, 0.2) is 0 Å². The molecule has 0 aromatic rings. The summed E-state index contributed by atoms with van der Waals surface area (Å²) in [7, 11) is 10.1. The van der Waals surface area contributed by atoms with Gasteiger partial charge in [0.25, 0.3) is 0 Å². The number of thioether (sulfide) groups is 1. The van der Waals surface area contributed by atoms with Crippen LogP contribution in [-0.2, 0) is 57.5 Å². The van der Waals surface area contributed by atoms with Crippen LogP contribution >= 0.6 is 11.8 Å². The molecule has 0 bridgehead atoms. The summed E-state index contributed by atoms with van der Waals surface area (Å²) in [5.74, 6) is -8.58. The molecule has 1 aliphatic heterocycles. The lowest BCUT2D eigenvalue weighted by Gasteiger charge is -2.41. The highest BCUT2D eigenvalue weighted by molar-refractivity contribution is 7.99. The molecule has 570 valence electrons. The van der Waals surface area contributed by atoms with Gasteiger partial charge in [-0.3, -0.25) is 57.5 Å². The van der Waals surface area contributed by atoms with Crippen molar-refractivity contribution in [2.75, 3.05) is 74.0 Å². The zero-order chi connectivity index (χ0) is 76.3. The second kappa shape index (κ2) is 43.7. The fourth-order valence-electron chi connectivity index (χ4n) is 12.4. The Morgan fingerprint density at radius 1 is 0.495 bits per heavy atom. The van der Waals surface area contributed by atoms with Crippen molar-refractivity contribution in [2.24, 2.45) is 35.5 Å². The first-order valence-corrected chi connectivity index (χ1v) is 37.3. The Morgan fingerprint density at radius 2 is 0.970 bits per heavy atom. The molecule has 0 aliphatic carbocycles. The second-order valence-electron chi connectivity index (χ2n) is 30.4. The van der Waals surface area contributed by atoms with Gasteiger partial charge in [-0.15, -0.1) is 0 Å². The minimum Gasteiger partial charge on any atom is -0.396 e. The predicted molar refractivity (Wildman–Crippen MR) is 388 cm³/mol. The minimum absolute atomic E-state index is 0.00175. The van der Waals surface area contributed by atoms with Gasteiger partial charge in [0, 0.05) is 81.6 Å². The van der Waals surface area contributed by atoms with E-state index in [1.807, 2.05) is 48.5 Å². The Hall–Kier alpha value is -6.09. The van der Waals surface area contributed by atoms with Crippen LogP contribution in [0, 0.1) is 35.5 Å². The number of nitrogens with one attached hydrogen (secondary N) is 5. The van der Waals surface area contributed by atoms with E-state index in [1.54, 1.807) is 34.6 Å². The molecule has 0 spiro atoms. The normalized spacial score (nSPS) is 25.2. The van der Waals surface area contributed by atoms with E-state index in [0.717, 1.165) is 30.6 Å². The van der Waals surface area contributed by atoms with E-state index >= 15 is 28.8 Å². The number of aliphatic hydroxyl groups is 2. The van der Waals surface area contributed by atoms with Crippen LogP contribution in [0.4, 0.5) is 0 Å². The van der Waals surface area contributed by atoms with Crippen molar-refractivity contribution in [1.29, 1.82) is 0 Å². The number of nitrogens with zero attached hydrogens (tertiary/aromatic N) is 7. The molecule has 0 aromatic heterocycles. The van der Waals surface area contributed by atoms with Crippen LogP contribution < -0.4 is 26.6 Å². The maximum atomic E-state index is 15.5. The SMILES string of the molecule is CC[C@@H]1NC(=O)[C@H](C[C@H](C)CCCCCCNC(C)=O)N(C)C(=O)[C@H](C(C)C)N(C)C(=O)[C@H](CC(C)C)N(C)C(=O)[C@H](CC(C)C)N(C)C(=O)[C@H](C)NC(=O)[C@@H](C)NC(=O)[C@@H](CCC(C)C)N(C)C(=O)[C@@H](C(C)C)NC(=O)[C@H](CC(C)(C)O)N(C)C(=O)[C@@H](CSCCCCO)N(C)C1=O. The molecule has 1 aliphatic rings. The van der Waals surface area contributed by atoms with Crippen molar-refractivity contribution in [3.05, 3.63) is 0 Å². The van der Waals surface area contributed by atoms with E-state index in [9.17, 15) is 39.0 Å². The summed E-state index contributed by atoms with van der Waals surface area (Å²) in [5.41, 5.74) is -1.59. The third kappa shape index (κ3) is 29.4. The number of unbranched alkanes of at least 4 members (excludes halogenated alkanes) is 4. The molecule has 1 saturated heterocycles. The van der Waals surface area contributed by atoms with Gasteiger partial charge < -0.3 is 71.1 Å². The van der Waals surface area contributed by atoms with E-state index in [1.165, 1.54) is 125 Å². The zero-order valence-electron chi connectivity index (χ0n) is 64.9. The molecule has 0 radical (unpaired) electrons. The summed E-state index contributed by atoms with van der Waals surface area (Å²) < 4.78 is 0. The Bertz CT molecular complexity index is 2640. The van der Waals surface area contributed by atoms with Crippen molar-refractivity contribution < 1.29 is 67.7 Å². The average Bonchev–Trinajstić information content (AvgIpc) is 0.814. The van der Waals surface area contributed by atoms with Crippen LogP contribution in [0.2, 0.25) is 0 Å². The van der Waals surface area contributed by atoms with Crippen molar-refractivity contribution in [3.63, 3.8) is 0 Å². The van der Waals surface area contributed by atoms with Gasteiger partial charge in [0.05, 0.1) is 5.60 Å². The van der Waals surface area contributed by atoms with E-state index < -0.39 is 149 Å². The molecule has 27 heteroatoms. The molecular weight excluding hydrogens is 1290 g/mol. The Balaban J connectivity index is 4.52. The number of aliphatic hydroxyl groups excluding tert-OH is 1. The number of amides is 12. The number of likely N-dealkylation sites (N-methyl/N-ethyl adjacent to an activating group) is 7. The van der Waals surface area contributed by atoms with Gasteiger partial charge in [-0.05, 0) is 127 Å². The molecule has 1 heterocycles. The van der Waals surface area contributed by atoms with Crippen molar-refractivity contribution in [1.82, 2.24) is 60.9 Å². The quantitative estimate of drug-likeness (QED) is 0.0544. The predicted octanol–water partition coefficient (Wildman–Crippen LogP) is 4.80. The van der Waals surface area contributed by atoms with Gasteiger partial charge >= 0.3 is 0 Å². The highest BCUT2D eigenvalue weighted by atomic mass is 32.2. The third-order valence-corrected chi connectivity index (χ3v) is 19.9. The van der Waals surface area contributed by atoms with Gasteiger partial charge in [0.1, 0.15) is 66.5 Å². The average molecular weight is 1420 g/mol. The lowest BCUT2D eigenvalue weighted by Crippen LogP contribution is -2.62. The smallest absolute Gasteiger partial charge is 0.246 e. The first-order valence-electron chi connectivity index (χ1n) is 36.1. The zero-order valence-corrected chi connectivity index (χ0v) is 65.7. The van der Waals surface area contributed by atoms with Crippen LogP contribution in [0.15, 0.2) is 0 Å². The Kier molecular flexibility index (Phi) is 40.1.